The van der Waals surface area contributed by atoms with Crippen molar-refractivity contribution in [1.29, 1.82) is 0 Å². The number of unbranched alkanes of at least 4 members (excludes halogenated alkanes) is 6. The van der Waals surface area contributed by atoms with Gasteiger partial charge in [-0.2, -0.15) is 0 Å². The monoisotopic (exact) mass is 940 g/mol. The summed E-state index contributed by atoms with van der Waals surface area (Å²) in [7, 11) is 0. The lowest BCUT2D eigenvalue weighted by Gasteiger charge is -2.18. The second-order valence-corrected chi connectivity index (χ2v) is 19.3. The Hall–Kier alpha value is -2.90. The van der Waals surface area contributed by atoms with E-state index < -0.39 is 0 Å². The highest BCUT2D eigenvalue weighted by atomic mass is 79.9. The second kappa shape index (κ2) is 17.1. The van der Waals surface area contributed by atoms with Gasteiger partial charge in [0.15, 0.2) is 0 Å². The minimum absolute atomic E-state index is 0.936. The Balaban J connectivity index is 1.76. The van der Waals surface area contributed by atoms with E-state index in [0.29, 0.717) is 0 Å². The van der Waals surface area contributed by atoms with Crippen molar-refractivity contribution >= 4 is 119 Å². The van der Waals surface area contributed by atoms with Gasteiger partial charge in [0.05, 0.1) is 17.8 Å². The van der Waals surface area contributed by atoms with E-state index in [4.69, 9.17) is 0 Å². The molecule has 0 aliphatic rings. The smallest absolute Gasteiger partial charge is 0.0610 e. The zero-order valence-corrected chi connectivity index (χ0v) is 36.2. The maximum Gasteiger partial charge on any atom is 0.0610 e. The third kappa shape index (κ3) is 7.56. The highest BCUT2D eigenvalue weighted by molar-refractivity contribution is 9.28. The Morgan fingerprint density at radius 2 is 0.904 bits per heavy atom. The lowest BCUT2D eigenvalue weighted by molar-refractivity contribution is 0.602. The molecule has 0 spiro atoms. The van der Waals surface area contributed by atoms with Crippen LogP contribution >= 0.6 is 63.7 Å². The van der Waals surface area contributed by atoms with E-state index in [2.05, 4.69) is 196 Å². The van der Waals surface area contributed by atoms with Gasteiger partial charge in [0.1, 0.15) is 0 Å². The summed E-state index contributed by atoms with van der Waals surface area (Å²) in [4.78, 5) is 0. The average Bonchev–Trinajstić information content (AvgIpc) is 3.63. The van der Waals surface area contributed by atoms with Crippen LogP contribution in [0.3, 0.4) is 0 Å². The van der Waals surface area contributed by atoms with Crippen LogP contribution in [0.25, 0.3) is 78.0 Å². The van der Waals surface area contributed by atoms with Crippen molar-refractivity contribution < 1.29 is 0 Å². The maximum atomic E-state index is 3.65. The number of benzene rings is 5. The molecule has 2 heterocycles. The quantitative estimate of drug-likeness (QED) is 0.0962. The third-order valence-corrected chi connectivity index (χ3v) is 11.2. The topological polar surface area (TPSA) is 9.86 Å². The minimum atomic E-state index is 0.936. The van der Waals surface area contributed by atoms with Crippen LogP contribution in [0.4, 0.5) is 0 Å². The normalized spacial score (nSPS) is 11.7. The number of hydrogen-bond acceptors (Lipinski definition) is 0. The van der Waals surface area contributed by atoms with Gasteiger partial charge in [-0.05, 0) is 135 Å². The van der Waals surface area contributed by atoms with Crippen molar-refractivity contribution in [2.24, 2.45) is 0 Å². The van der Waals surface area contributed by atoms with Gasteiger partial charge in [0.25, 0.3) is 0 Å². The lowest BCUT2D eigenvalue weighted by Crippen LogP contribution is -2.02. The summed E-state index contributed by atoms with van der Waals surface area (Å²) in [5.74, 6) is 0. The number of hydrogen-bond donors (Lipinski definition) is 0. The first-order valence-electron chi connectivity index (χ1n) is 18.6. The molecule has 0 saturated heterocycles. The Bertz CT molecular complexity index is 2240. The van der Waals surface area contributed by atoms with Crippen LogP contribution in [-0.4, -0.2) is 9.13 Å². The fraction of sp³-hybridized carbons (Fsp3) is 0.261. The van der Waals surface area contributed by atoms with Gasteiger partial charge in [-0.1, -0.05) is 125 Å². The molecule has 5 aromatic carbocycles. The van der Waals surface area contributed by atoms with Crippen molar-refractivity contribution in [1.82, 2.24) is 9.13 Å². The van der Waals surface area contributed by atoms with E-state index in [1.54, 1.807) is 0 Å². The molecule has 2 nitrogen and oxygen atoms in total. The van der Waals surface area contributed by atoms with Crippen LogP contribution in [0.15, 0.2) is 104 Å². The summed E-state index contributed by atoms with van der Waals surface area (Å²) in [6.07, 6.45) is 14.0. The predicted octanol–water partition coefficient (Wildman–Crippen LogP) is 16.6. The van der Waals surface area contributed by atoms with E-state index in [-0.39, 0.29) is 0 Å². The Morgan fingerprint density at radius 1 is 0.500 bits per heavy atom. The van der Waals surface area contributed by atoms with Gasteiger partial charge in [-0.3, -0.25) is 0 Å². The highest BCUT2D eigenvalue weighted by Crippen LogP contribution is 2.51. The number of aryl methyl sites for hydroxylation is 2. The van der Waals surface area contributed by atoms with Gasteiger partial charge in [-0.15, -0.1) is 0 Å². The van der Waals surface area contributed by atoms with Crippen LogP contribution in [0.1, 0.15) is 76.3 Å². The molecule has 266 valence electrons. The first-order valence-corrected chi connectivity index (χ1v) is 21.8. The number of nitrogens with zero attached hydrogens (tertiary/aromatic N) is 2. The van der Waals surface area contributed by atoms with Crippen LogP contribution in [0, 0.1) is 0 Å². The molecule has 7 aromatic rings. The summed E-state index contributed by atoms with van der Waals surface area (Å²) in [6, 6.07) is 36.4. The number of fused-ring (bicyclic) bond motifs is 6. The maximum absolute atomic E-state index is 3.65. The molecule has 0 N–H and O–H groups in total. The fourth-order valence-electron chi connectivity index (χ4n) is 8.07. The summed E-state index contributed by atoms with van der Waals surface area (Å²) in [5, 5.41) is 5.27. The molecule has 2 aromatic heterocycles. The molecule has 0 atom stereocenters. The molecule has 0 amide bonds. The molecule has 0 unspecified atom stereocenters. The van der Waals surface area contributed by atoms with Crippen molar-refractivity contribution in [2.75, 3.05) is 0 Å². The van der Waals surface area contributed by atoms with Crippen LogP contribution < -0.4 is 0 Å². The fourth-order valence-corrected chi connectivity index (χ4v) is 9.13. The van der Waals surface area contributed by atoms with E-state index >= 15 is 0 Å². The van der Waals surface area contributed by atoms with E-state index in [1.807, 2.05) is 0 Å². The van der Waals surface area contributed by atoms with Crippen molar-refractivity contribution in [2.45, 2.75) is 78.3 Å². The van der Waals surface area contributed by atoms with Gasteiger partial charge in [0, 0.05) is 56.8 Å². The molecule has 0 fully saturated rings. The van der Waals surface area contributed by atoms with E-state index in [9.17, 15) is 0 Å². The minimum Gasteiger partial charge on any atom is -0.340 e. The molecular formula is C46H44Br4N2. The van der Waals surface area contributed by atoms with Crippen LogP contribution in [0.2, 0.25) is 0 Å². The third-order valence-electron chi connectivity index (χ3n) is 10.3. The molecular weight excluding hydrogens is 900 g/mol. The largest absolute Gasteiger partial charge is 0.340 e. The molecule has 0 bridgehead atoms. The second-order valence-electron chi connectivity index (χ2n) is 13.8. The molecule has 0 saturated carbocycles. The van der Waals surface area contributed by atoms with Crippen molar-refractivity contribution in [3.8, 4) is 22.3 Å². The first kappa shape index (κ1) is 37.4. The van der Waals surface area contributed by atoms with Gasteiger partial charge >= 0.3 is 0 Å². The molecule has 0 aliphatic carbocycles. The Morgan fingerprint density at radius 3 is 1.27 bits per heavy atom. The van der Waals surface area contributed by atoms with Crippen LogP contribution in [0.5, 0.6) is 0 Å². The summed E-state index contributed by atoms with van der Waals surface area (Å²) < 4.78 is 7.19. The average molecular weight is 944 g/mol. The van der Waals surface area contributed by atoms with Gasteiger partial charge < -0.3 is 9.13 Å². The molecule has 0 radical (unpaired) electrons. The SMILES string of the molecule is CCCCCCn1c2ccc(C=C(Br)Br)cc2c2c(-c3ccccc3)c3c(c(-c4ccccc4)c21)c1cc(C=C(Br)Br)ccc1n3CCCCCC. The molecule has 0 aliphatic heterocycles. The number of aromatic nitrogens is 2. The predicted molar refractivity (Wildman–Crippen MR) is 243 cm³/mol. The summed E-state index contributed by atoms with van der Waals surface area (Å²) >= 11 is 14.6. The Labute approximate surface area is 341 Å². The number of halogens is 4. The first-order chi connectivity index (χ1) is 25.4. The highest BCUT2D eigenvalue weighted by Gasteiger charge is 2.28. The van der Waals surface area contributed by atoms with Gasteiger partial charge in [-0.25, -0.2) is 0 Å². The van der Waals surface area contributed by atoms with E-state index in [1.165, 1.54) is 116 Å². The summed E-state index contributed by atoms with van der Waals surface area (Å²) in [6.45, 7) is 6.53. The van der Waals surface area contributed by atoms with Crippen molar-refractivity contribution in [3.05, 3.63) is 115 Å². The molecule has 6 heteroatoms. The standard InChI is InChI=1S/C46H44Br4N2/c1-3-5-7-15-25-51-37-23-21-31(29-39(47)48)27-35(37)43-42(34-19-13-10-14-20-34)46-44(41(45(43)51)33-17-11-9-12-18-33)36-28-32(30-40(49)50)22-24-38(36)52(46)26-16-8-6-4-2/h9-14,17-24,27-30H,3-8,15-16,25-26H2,1-2H3. The lowest BCUT2D eigenvalue weighted by atomic mass is 9.89. The van der Waals surface area contributed by atoms with Crippen molar-refractivity contribution in [3.63, 3.8) is 0 Å². The summed E-state index contributed by atoms with van der Waals surface area (Å²) in [5.41, 5.74) is 12.7. The molecule has 52 heavy (non-hydrogen) atoms. The van der Waals surface area contributed by atoms with Gasteiger partial charge in [0.2, 0.25) is 0 Å². The molecule has 7 rings (SSSR count). The van der Waals surface area contributed by atoms with E-state index in [0.717, 1.165) is 32.7 Å². The zero-order valence-electron chi connectivity index (χ0n) is 29.9. The number of rotatable bonds is 14. The zero-order chi connectivity index (χ0) is 36.2. The Kier molecular flexibility index (Phi) is 12.3. The van der Waals surface area contributed by atoms with Crippen LogP contribution in [-0.2, 0) is 13.1 Å².